The fraction of sp³-hybridized carbons (Fsp3) is 0.111. The third-order valence-electron chi connectivity index (χ3n) is 3.69. The van der Waals surface area contributed by atoms with Gasteiger partial charge in [-0.25, -0.2) is 5.43 Å². The van der Waals surface area contributed by atoms with Gasteiger partial charge in [0.15, 0.2) is 0 Å². The van der Waals surface area contributed by atoms with Crippen LogP contribution >= 0.6 is 15.9 Å². The van der Waals surface area contributed by atoms with Gasteiger partial charge in [0.2, 0.25) is 0 Å². The number of rotatable bonds is 4. The van der Waals surface area contributed by atoms with E-state index >= 15 is 0 Å². The Morgan fingerprint density at radius 3 is 2.60 bits per heavy atom. The molecule has 0 spiro atoms. The molecule has 1 aliphatic heterocycles. The number of carbonyl (C=O) groups excluding carboxylic acids is 2. The van der Waals surface area contributed by atoms with E-state index in [0.29, 0.717) is 21.4 Å². The Hall–Kier alpha value is -2.80. The zero-order chi connectivity index (χ0) is 17.8. The van der Waals surface area contributed by atoms with E-state index in [2.05, 4.69) is 31.6 Å². The monoisotopic (exact) mass is 398 g/mol. The number of nitrogens with one attached hydrogen (secondary N) is 1. The smallest absolute Gasteiger partial charge is 0.271 e. The first kappa shape index (κ1) is 17.0. The summed E-state index contributed by atoms with van der Waals surface area (Å²) in [6.45, 7) is 1.76. The lowest BCUT2D eigenvalue weighted by Gasteiger charge is -2.12. The standard InChI is InChI=1S/C18H15BrN4O2/c1-12-15(18(25)23(22-12)13-7-3-2-4-8-13)11-20-21-17(24)14-9-5-6-10-16(14)19/h2-11,15H,1H3,(H,21,24)/b20-11-/t15-/m1/s1. The third kappa shape index (κ3) is 3.66. The lowest BCUT2D eigenvalue weighted by atomic mass is 10.1. The highest BCUT2D eigenvalue weighted by Crippen LogP contribution is 2.22. The van der Waals surface area contributed by atoms with E-state index in [4.69, 9.17) is 0 Å². The minimum Gasteiger partial charge on any atom is -0.271 e. The molecule has 0 fully saturated rings. The normalized spacial score (nSPS) is 17.0. The van der Waals surface area contributed by atoms with Crippen LogP contribution in [0.25, 0.3) is 0 Å². The van der Waals surface area contributed by atoms with Crippen molar-refractivity contribution in [3.8, 4) is 0 Å². The summed E-state index contributed by atoms with van der Waals surface area (Å²) in [6, 6.07) is 16.2. The molecule has 1 atom stereocenters. The van der Waals surface area contributed by atoms with Gasteiger partial charge in [-0.3, -0.25) is 9.59 Å². The number of nitrogens with zero attached hydrogens (tertiary/aromatic N) is 3. The van der Waals surface area contributed by atoms with Gasteiger partial charge in [0, 0.05) is 10.7 Å². The number of halogens is 1. The van der Waals surface area contributed by atoms with Crippen LogP contribution in [0.15, 0.2) is 69.3 Å². The summed E-state index contributed by atoms with van der Waals surface area (Å²) in [5.41, 5.74) is 4.22. The highest BCUT2D eigenvalue weighted by atomic mass is 79.9. The number of carbonyl (C=O) groups is 2. The van der Waals surface area contributed by atoms with Crippen molar-refractivity contribution in [2.45, 2.75) is 6.92 Å². The van der Waals surface area contributed by atoms with Gasteiger partial charge < -0.3 is 0 Å². The SMILES string of the molecule is CC1=NN(c2ccccc2)C(=O)[C@@H]1/C=N\NC(=O)c1ccccc1Br. The van der Waals surface area contributed by atoms with Gasteiger partial charge in [0.25, 0.3) is 11.8 Å². The van der Waals surface area contributed by atoms with E-state index in [-0.39, 0.29) is 11.8 Å². The highest BCUT2D eigenvalue weighted by molar-refractivity contribution is 9.10. The van der Waals surface area contributed by atoms with Gasteiger partial charge >= 0.3 is 0 Å². The van der Waals surface area contributed by atoms with Crippen molar-refractivity contribution in [3.05, 3.63) is 64.6 Å². The molecule has 6 nitrogen and oxygen atoms in total. The Kier molecular flexibility index (Phi) is 5.04. The maximum atomic E-state index is 12.5. The summed E-state index contributed by atoms with van der Waals surface area (Å²) in [7, 11) is 0. The van der Waals surface area contributed by atoms with E-state index in [0.717, 1.165) is 0 Å². The van der Waals surface area contributed by atoms with Gasteiger partial charge in [0.05, 0.1) is 17.0 Å². The van der Waals surface area contributed by atoms with Crippen LogP contribution in [0.1, 0.15) is 17.3 Å². The Bertz CT molecular complexity index is 864. The second kappa shape index (κ2) is 7.40. The lowest BCUT2D eigenvalue weighted by molar-refractivity contribution is -0.118. The molecule has 0 saturated carbocycles. The summed E-state index contributed by atoms with van der Waals surface area (Å²) in [5, 5.41) is 9.56. The van der Waals surface area contributed by atoms with Gasteiger partial charge in [-0.05, 0) is 47.1 Å². The van der Waals surface area contributed by atoms with Crippen molar-refractivity contribution >= 4 is 45.4 Å². The molecular weight excluding hydrogens is 384 g/mol. The van der Waals surface area contributed by atoms with Crippen molar-refractivity contribution in [1.82, 2.24) is 5.43 Å². The van der Waals surface area contributed by atoms with E-state index in [1.54, 1.807) is 25.1 Å². The predicted octanol–water partition coefficient (Wildman–Crippen LogP) is 3.20. The molecule has 0 aliphatic carbocycles. The molecular formula is C18H15BrN4O2. The molecule has 1 N–H and O–H groups in total. The quantitative estimate of drug-likeness (QED) is 0.634. The van der Waals surface area contributed by atoms with Crippen LogP contribution in [0.4, 0.5) is 5.69 Å². The fourth-order valence-electron chi connectivity index (χ4n) is 2.38. The maximum absolute atomic E-state index is 12.5. The minimum atomic E-state index is -0.597. The fourth-order valence-corrected chi connectivity index (χ4v) is 2.85. The first-order valence-electron chi connectivity index (χ1n) is 7.60. The first-order chi connectivity index (χ1) is 12.1. The summed E-state index contributed by atoms with van der Waals surface area (Å²) >= 11 is 3.32. The van der Waals surface area contributed by atoms with Gasteiger partial charge in [-0.1, -0.05) is 30.3 Å². The van der Waals surface area contributed by atoms with Crippen molar-refractivity contribution in [2.24, 2.45) is 16.1 Å². The number of hydrogen-bond donors (Lipinski definition) is 1. The number of anilines is 1. The molecule has 0 unspecified atom stereocenters. The molecule has 2 aromatic carbocycles. The van der Waals surface area contributed by atoms with Gasteiger partial charge in [0.1, 0.15) is 5.92 Å². The van der Waals surface area contributed by atoms with Gasteiger partial charge in [-0.15, -0.1) is 0 Å². The first-order valence-corrected chi connectivity index (χ1v) is 8.39. The topological polar surface area (TPSA) is 74.1 Å². The van der Waals surface area contributed by atoms with Crippen molar-refractivity contribution < 1.29 is 9.59 Å². The Labute approximate surface area is 153 Å². The van der Waals surface area contributed by atoms with Crippen LogP contribution in [-0.2, 0) is 4.79 Å². The zero-order valence-electron chi connectivity index (χ0n) is 13.4. The average molecular weight is 399 g/mol. The molecule has 7 heteroatoms. The van der Waals surface area contributed by atoms with E-state index in [1.807, 2.05) is 36.4 Å². The second-order valence-corrected chi connectivity index (χ2v) is 6.26. The van der Waals surface area contributed by atoms with Crippen LogP contribution < -0.4 is 10.4 Å². The molecule has 25 heavy (non-hydrogen) atoms. The summed E-state index contributed by atoms with van der Waals surface area (Å²) in [4.78, 5) is 24.6. The molecule has 126 valence electrons. The van der Waals surface area contributed by atoms with Crippen molar-refractivity contribution in [1.29, 1.82) is 0 Å². The van der Waals surface area contributed by atoms with E-state index in [9.17, 15) is 9.59 Å². The summed E-state index contributed by atoms with van der Waals surface area (Å²) in [5.74, 6) is -1.16. The van der Waals surface area contributed by atoms with Crippen LogP contribution in [0.3, 0.4) is 0 Å². The van der Waals surface area contributed by atoms with Crippen molar-refractivity contribution in [2.75, 3.05) is 5.01 Å². The zero-order valence-corrected chi connectivity index (χ0v) is 15.0. The molecule has 2 amide bonds. The minimum absolute atomic E-state index is 0.206. The predicted molar refractivity (Wildman–Crippen MR) is 101 cm³/mol. The van der Waals surface area contributed by atoms with Gasteiger partial charge in [-0.2, -0.15) is 15.2 Å². The molecule has 0 aromatic heterocycles. The molecule has 0 saturated heterocycles. The molecule has 1 aliphatic rings. The highest BCUT2D eigenvalue weighted by Gasteiger charge is 2.33. The largest absolute Gasteiger partial charge is 0.272 e. The molecule has 1 heterocycles. The van der Waals surface area contributed by atoms with Crippen LogP contribution in [0.5, 0.6) is 0 Å². The van der Waals surface area contributed by atoms with Crippen LogP contribution in [0, 0.1) is 5.92 Å². The Morgan fingerprint density at radius 1 is 1.20 bits per heavy atom. The third-order valence-corrected chi connectivity index (χ3v) is 4.38. The summed E-state index contributed by atoms with van der Waals surface area (Å²) in [6.07, 6.45) is 1.40. The van der Waals surface area contributed by atoms with E-state index in [1.165, 1.54) is 11.2 Å². The number of hydrogen-bond acceptors (Lipinski definition) is 4. The Morgan fingerprint density at radius 2 is 1.88 bits per heavy atom. The number of para-hydroxylation sites is 1. The number of hydrazone groups is 2. The average Bonchev–Trinajstić information content (AvgIpc) is 2.91. The Balaban J connectivity index is 1.68. The van der Waals surface area contributed by atoms with Crippen LogP contribution in [0.2, 0.25) is 0 Å². The molecule has 0 bridgehead atoms. The van der Waals surface area contributed by atoms with E-state index < -0.39 is 5.92 Å². The van der Waals surface area contributed by atoms with Crippen LogP contribution in [-0.4, -0.2) is 23.7 Å². The summed E-state index contributed by atoms with van der Waals surface area (Å²) < 4.78 is 0.674. The second-order valence-electron chi connectivity index (χ2n) is 5.40. The molecule has 2 aromatic rings. The number of benzene rings is 2. The lowest BCUT2D eigenvalue weighted by Crippen LogP contribution is -2.29. The molecule has 0 radical (unpaired) electrons. The van der Waals surface area contributed by atoms with Crippen molar-refractivity contribution in [3.63, 3.8) is 0 Å². The maximum Gasteiger partial charge on any atom is 0.272 e. The number of amides is 2. The molecule has 3 rings (SSSR count).